The van der Waals surface area contributed by atoms with Crippen molar-refractivity contribution in [2.75, 3.05) is 0 Å². The first-order valence-electron chi connectivity index (χ1n) is 11.7. The second-order valence-electron chi connectivity index (χ2n) is 8.44. The first-order chi connectivity index (χ1) is 17.2. The minimum Gasteiger partial charge on any atom is -0.457 e. The Balaban J connectivity index is 1.61. The Bertz CT molecular complexity index is 1300. The summed E-state index contributed by atoms with van der Waals surface area (Å²) in [5.41, 5.74) is 2.42. The molecule has 0 N–H and O–H groups in total. The van der Waals surface area contributed by atoms with Crippen LogP contribution in [0.15, 0.2) is 127 Å². The molecule has 5 rings (SSSR count). The molecule has 0 atom stereocenters. The van der Waals surface area contributed by atoms with Crippen molar-refractivity contribution in [1.29, 1.82) is 0 Å². The van der Waals surface area contributed by atoms with E-state index in [4.69, 9.17) is 9.47 Å². The molecule has 0 aromatic heterocycles. The zero-order valence-electron chi connectivity index (χ0n) is 19.9. The summed E-state index contributed by atoms with van der Waals surface area (Å²) in [6.45, 7) is 4.16. The van der Waals surface area contributed by atoms with Gasteiger partial charge in [-0.1, -0.05) is 102 Å². The van der Waals surface area contributed by atoms with Gasteiger partial charge >= 0.3 is 0 Å². The van der Waals surface area contributed by atoms with Gasteiger partial charge in [-0.25, -0.2) is 0 Å². The third kappa shape index (κ3) is 5.45. The highest BCUT2D eigenvalue weighted by Gasteiger charge is 2.24. The van der Waals surface area contributed by atoms with Crippen LogP contribution in [0.1, 0.15) is 11.1 Å². The summed E-state index contributed by atoms with van der Waals surface area (Å²) in [7, 11) is -0.942. The molecule has 0 fully saturated rings. The molecule has 0 aliphatic heterocycles. The molecule has 0 saturated heterocycles. The van der Waals surface area contributed by atoms with Crippen molar-refractivity contribution < 1.29 is 9.47 Å². The van der Waals surface area contributed by atoms with E-state index < -0.39 is 7.92 Å². The van der Waals surface area contributed by atoms with Crippen molar-refractivity contribution in [2.24, 2.45) is 0 Å². The molecular formula is C32H27O2P. The van der Waals surface area contributed by atoms with Crippen LogP contribution < -0.4 is 25.4 Å². The van der Waals surface area contributed by atoms with Gasteiger partial charge in [-0.2, -0.15) is 0 Å². The largest absolute Gasteiger partial charge is 0.457 e. The minimum atomic E-state index is -0.942. The van der Waals surface area contributed by atoms with E-state index in [0.717, 1.165) is 33.6 Å². The smallest absolute Gasteiger partial charge is 0.135 e. The highest BCUT2D eigenvalue weighted by atomic mass is 31.1. The van der Waals surface area contributed by atoms with Crippen molar-refractivity contribution in [3.05, 3.63) is 139 Å². The van der Waals surface area contributed by atoms with Crippen LogP contribution in [0.25, 0.3) is 0 Å². The van der Waals surface area contributed by atoms with Crippen LogP contribution in [0.2, 0.25) is 0 Å². The minimum absolute atomic E-state index is 0.829. The van der Waals surface area contributed by atoms with Crippen LogP contribution in [0, 0.1) is 13.8 Å². The van der Waals surface area contributed by atoms with Gasteiger partial charge in [-0.15, -0.1) is 0 Å². The molecule has 172 valence electrons. The topological polar surface area (TPSA) is 18.5 Å². The van der Waals surface area contributed by atoms with E-state index in [1.54, 1.807) is 0 Å². The molecule has 0 heterocycles. The maximum atomic E-state index is 6.44. The van der Waals surface area contributed by atoms with Gasteiger partial charge in [-0.3, -0.25) is 0 Å². The molecule has 5 aromatic rings. The zero-order chi connectivity index (χ0) is 24.0. The molecular weight excluding hydrogens is 447 g/mol. The molecule has 5 aromatic carbocycles. The molecule has 0 spiro atoms. The van der Waals surface area contributed by atoms with Crippen LogP contribution in [0.4, 0.5) is 0 Å². The Morgan fingerprint density at radius 2 is 0.829 bits per heavy atom. The van der Waals surface area contributed by atoms with Crippen LogP contribution in [-0.4, -0.2) is 0 Å². The van der Waals surface area contributed by atoms with Crippen molar-refractivity contribution in [1.82, 2.24) is 0 Å². The van der Waals surface area contributed by atoms with Crippen LogP contribution in [-0.2, 0) is 0 Å². The Labute approximate surface area is 208 Å². The van der Waals surface area contributed by atoms with Crippen LogP contribution in [0.3, 0.4) is 0 Å². The molecule has 0 radical (unpaired) electrons. The number of para-hydroxylation sites is 2. The van der Waals surface area contributed by atoms with E-state index in [2.05, 4.69) is 105 Å². The lowest BCUT2D eigenvalue weighted by molar-refractivity contribution is 0.486. The van der Waals surface area contributed by atoms with Gasteiger partial charge in [-0.05, 0) is 63.5 Å². The molecule has 0 saturated carbocycles. The maximum Gasteiger partial charge on any atom is 0.135 e. The van der Waals surface area contributed by atoms with Crippen molar-refractivity contribution in [3.8, 4) is 23.0 Å². The fraction of sp³-hybridized carbons (Fsp3) is 0.0625. The second kappa shape index (κ2) is 10.6. The molecule has 0 bridgehead atoms. The van der Waals surface area contributed by atoms with E-state index in [0.29, 0.717) is 0 Å². The van der Waals surface area contributed by atoms with Crippen molar-refractivity contribution in [2.45, 2.75) is 13.8 Å². The Morgan fingerprint density at radius 3 is 1.29 bits per heavy atom. The number of ether oxygens (including phenoxy) is 2. The summed E-state index contributed by atoms with van der Waals surface area (Å²) >= 11 is 0. The Hall–Kier alpha value is -3.87. The molecule has 0 aliphatic rings. The molecule has 35 heavy (non-hydrogen) atoms. The Kier molecular flexibility index (Phi) is 6.93. The summed E-state index contributed by atoms with van der Waals surface area (Å²) in [5, 5.41) is 3.53. The van der Waals surface area contributed by atoms with E-state index >= 15 is 0 Å². The second-order valence-corrected chi connectivity index (χ2v) is 10.6. The predicted molar refractivity (Wildman–Crippen MR) is 148 cm³/mol. The predicted octanol–water partition coefficient (Wildman–Crippen LogP) is 7.65. The standard InChI is InChI=1S/C32H27O2P/c1-24-16-20-26(21-17-24)33-29-12-6-8-14-31(29)35(28-10-4-3-5-11-28)32-15-9-7-13-30(32)34-27-22-18-25(2)19-23-27/h3-23H,1-2H3. The Morgan fingerprint density at radius 1 is 0.429 bits per heavy atom. The monoisotopic (exact) mass is 474 g/mol. The molecule has 0 unspecified atom stereocenters. The van der Waals surface area contributed by atoms with Crippen LogP contribution >= 0.6 is 7.92 Å². The molecule has 3 heteroatoms. The average molecular weight is 475 g/mol. The number of rotatable bonds is 7. The van der Waals surface area contributed by atoms with Gasteiger partial charge in [0.15, 0.2) is 0 Å². The lowest BCUT2D eigenvalue weighted by atomic mass is 10.2. The zero-order valence-corrected chi connectivity index (χ0v) is 20.8. The fourth-order valence-corrected chi connectivity index (χ4v) is 6.35. The van der Waals surface area contributed by atoms with Gasteiger partial charge in [0.1, 0.15) is 23.0 Å². The van der Waals surface area contributed by atoms with E-state index in [9.17, 15) is 0 Å². The van der Waals surface area contributed by atoms with Crippen molar-refractivity contribution >= 4 is 23.8 Å². The van der Waals surface area contributed by atoms with Gasteiger partial charge in [0.25, 0.3) is 0 Å². The third-order valence-electron chi connectivity index (χ3n) is 5.72. The first kappa shape index (κ1) is 22.9. The van der Waals surface area contributed by atoms with Crippen molar-refractivity contribution in [3.63, 3.8) is 0 Å². The lowest BCUT2D eigenvalue weighted by Gasteiger charge is -2.24. The highest BCUT2D eigenvalue weighted by Crippen LogP contribution is 2.41. The maximum absolute atomic E-state index is 6.44. The third-order valence-corrected chi connectivity index (χ3v) is 8.24. The lowest BCUT2D eigenvalue weighted by Crippen LogP contribution is -2.22. The first-order valence-corrected chi connectivity index (χ1v) is 13.0. The van der Waals surface area contributed by atoms with Gasteiger partial charge < -0.3 is 9.47 Å². The average Bonchev–Trinajstić information content (AvgIpc) is 2.89. The summed E-state index contributed by atoms with van der Waals surface area (Å²) in [6.07, 6.45) is 0. The normalized spacial score (nSPS) is 10.8. The molecule has 0 aliphatic carbocycles. The summed E-state index contributed by atoms with van der Waals surface area (Å²) < 4.78 is 12.9. The quantitative estimate of drug-likeness (QED) is 0.226. The van der Waals surface area contributed by atoms with Gasteiger partial charge in [0, 0.05) is 10.6 Å². The molecule has 0 amide bonds. The highest BCUT2D eigenvalue weighted by molar-refractivity contribution is 7.80. The summed E-state index contributed by atoms with van der Waals surface area (Å²) in [6, 6.07) is 43.7. The fourth-order valence-electron chi connectivity index (χ4n) is 3.91. The molecule has 2 nitrogen and oxygen atoms in total. The summed E-state index contributed by atoms with van der Waals surface area (Å²) in [5.74, 6) is 3.37. The van der Waals surface area contributed by atoms with E-state index in [-0.39, 0.29) is 0 Å². The van der Waals surface area contributed by atoms with Gasteiger partial charge in [0.05, 0.1) is 0 Å². The number of hydrogen-bond donors (Lipinski definition) is 0. The van der Waals surface area contributed by atoms with E-state index in [1.807, 2.05) is 36.4 Å². The van der Waals surface area contributed by atoms with Crippen LogP contribution in [0.5, 0.6) is 23.0 Å². The SMILES string of the molecule is Cc1ccc(Oc2ccccc2P(c2ccccc2)c2ccccc2Oc2ccc(C)cc2)cc1. The van der Waals surface area contributed by atoms with E-state index in [1.165, 1.54) is 16.4 Å². The summed E-state index contributed by atoms with van der Waals surface area (Å²) in [4.78, 5) is 0. The number of benzene rings is 5. The number of aryl methyl sites for hydroxylation is 2. The van der Waals surface area contributed by atoms with Gasteiger partial charge in [0.2, 0.25) is 0 Å². The number of hydrogen-bond acceptors (Lipinski definition) is 2.